The van der Waals surface area contributed by atoms with Crippen LogP contribution in [0.1, 0.15) is 18.3 Å². The molecule has 4 nitrogen and oxygen atoms in total. The van der Waals surface area contributed by atoms with Gasteiger partial charge in [0.2, 0.25) is 0 Å². The van der Waals surface area contributed by atoms with Gasteiger partial charge in [0.25, 0.3) is 0 Å². The number of carbonyl (C=O) groups excluding carboxylic acids is 1. The van der Waals surface area contributed by atoms with E-state index in [2.05, 4.69) is 21.0 Å². The van der Waals surface area contributed by atoms with Crippen molar-refractivity contribution in [1.82, 2.24) is 9.78 Å². The van der Waals surface area contributed by atoms with Gasteiger partial charge >= 0.3 is 0 Å². The van der Waals surface area contributed by atoms with Crippen molar-refractivity contribution in [3.05, 3.63) is 15.9 Å². The van der Waals surface area contributed by atoms with Gasteiger partial charge in [0.15, 0.2) is 5.78 Å². The van der Waals surface area contributed by atoms with Gasteiger partial charge < -0.3 is 5.73 Å². The third kappa shape index (κ3) is 2.22. The number of Topliss-reactive ketones (excluding diaryl/α,β-unsaturated/α-hetero) is 1. The molecule has 2 N–H and O–H groups in total. The molecule has 1 rings (SSSR count). The average molecular weight is 260 g/mol. The molecule has 0 radical (unpaired) electrons. The summed E-state index contributed by atoms with van der Waals surface area (Å²) in [5.74, 6) is 0.0219. The number of aryl methyl sites for hydroxylation is 2. The maximum absolute atomic E-state index is 11.4. The summed E-state index contributed by atoms with van der Waals surface area (Å²) in [6, 6.07) is -0.419. The van der Waals surface area contributed by atoms with Crippen molar-refractivity contribution < 1.29 is 4.79 Å². The van der Waals surface area contributed by atoms with Gasteiger partial charge in [-0.15, -0.1) is 0 Å². The van der Waals surface area contributed by atoms with Crippen LogP contribution >= 0.6 is 15.9 Å². The quantitative estimate of drug-likeness (QED) is 0.880. The van der Waals surface area contributed by atoms with Crippen molar-refractivity contribution >= 4 is 21.7 Å². The van der Waals surface area contributed by atoms with Gasteiger partial charge in [-0.05, 0) is 29.8 Å². The lowest BCUT2D eigenvalue weighted by atomic mass is 10.1. The molecule has 0 saturated heterocycles. The molecule has 1 aromatic heterocycles. The number of nitrogens with zero attached hydrogens (tertiary/aromatic N) is 2. The first-order chi connectivity index (χ1) is 6.43. The fourth-order valence-corrected chi connectivity index (χ4v) is 1.67. The Morgan fingerprint density at radius 1 is 1.71 bits per heavy atom. The first-order valence-electron chi connectivity index (χ1n) is 4.39. The fourth-order valence-electron chi connectivity index (χ4n) is 1.20. The average Bonchev–Trinajstić information content (AvgIpc) is 2.32. The maximum atomic E-state index is 11.4. The van der Waals surface area contributed by atoms with Crippen molar-refractivity contribution in [3.63, 3.8) is 0 Å². The van der Waals surface area contributed by atoms with Crippen LogP contribution in [0.25, 0.3) is 0 Å². The number of hydrogen-bond acceptors (Lipinski definition) is 3. The molecule has 1 heterocycles. The van der Waals surface area contributed by atoms with E-state index in [0.29, 0.717) is 6.42 Å². The number of halogens is 1. The Bertz CT molecular complexity index is 357. The van der Waals surface area contributed by atoms with Crippen LogP contribution in [0.15, 0.2) is 4.47 Å². The van der Waals surface area contributed by atoms with Gasteiger partial charge in [-0.25, -0.2) is 0 Å². The summed E-state index contributed by atoms with van der Waals surface area (Å²) in [5.41, 5.74) is 7.26. The Kier molecular flexibility index (Phi) is 3.44. The van der Waals surface area contributed by atoms with Crippen molar-refractivity contribution in [3.8, 4) is 0 Å². The molecule has 0 amide bonds. The van der Waals surface area contributed by atoms with Crippen LogP contribution in [-0.4, -0.2) is 21.6 Å². The summed E-state index contributed by atoms with van der Waals surface area (Å²) in [4.78, 5) is 11.4. The minimum absolute atomic E-state index is 0.0219. The van der Waals surface area contributed by atoms with Crippen LogP contribution in [0.5, 0.6) is 0 Å². The zero-order valence-corrected chi connectivity index (χ0v) is 10.1. The number of ketones is 1. The van der Waals surface area contributed by atoms with Crippen LogP contribution in [-0.2, 0) is 18.3 Å². The number of nitrogens with two attached hydrogens (primary N) is 1. The van der Waals surface area contributed by atoms with Gasteiger partial charge in [0.1, 0.15) is 0 Å². The largest absolute Gasteiger partial charge is 0.322 e. The number of rotatable bonds is 3. The lowest BCUT2D eigenvalue weighted by Gasteiger charge is -2.04. The molecule has 1 unspecified atom stereocenters. The third-order valence-corrected chi connectivity index (χ3v) is 3.14. The van der Waals surface area contributed by atoms with Crippen molar-refractivity contribution in [2.75, 3.05) is 0 Å². The topological polar surface area (TPSA) is 60.9 Å². The Labute approximate surface area is 91.6 Å². The first kappa shape index (κ1) is 11.4. The molecule has 1 aromatic rings. The van der Waals surface area contributed by atoms with Crippen LogP contribution < -0.4 is 5.73 Å². The summed E-state index contributed by atoms with van der Waals surface area (Å²) in [5, 5.41) is 4.20. The molecule has 14 heavy (non-hydrogen) atoms. The number of hydrogen-bond donors (Lipinski definition) is 1. The highest BCUT2D eigenvalue weighted by Gasteiger charge is 2.16. The predicted octanol–water partition coefficient (Wildman–Crippen LogP) is 0.950. The molecule has 0 fully saturated rings. The molecule has 78 valence electrons. The van der Waals surface area contributed by atoms with Gasteiger partial charge in [-0.1, -0.05) is 0 Å². The zero-order chi connectivity index (χ0) is 10.9. The summed E-state index contributed by atoms with van der Waals surface area (Å²) >= 11 is 3.40. The molecule has 0 aliphatic rings. The monoisotopic (exact) mass is 259 g/mol. The van der Waals surface area contributed by atoms with Gasteiger partial charge in [0.05, 0.1) is 28.3 Å². The molecular weight excluding hydrogens is 246 g/mol. The lowest BCUT2D eigenvalue weighted by molar-refractivity contribution is -0.119. The standard InChI is InChI=1S/C9H14BrN3O/c1-5(11)8(14)4-7-9(10)6(2)12-13(7)3/h5H,4,11H2,1-3H3. The maximum Gasteiger partial charge on any atom is 0.155 e. The fraction of sp³-hybridized carbons (Fsp3) is 0.556. The first-order valence-corrected chi connectivity index (χ1v) is 5.19. The summed E-state index contributed by atoms with van der Waals surface area (Å²) in [6.45, 7) is 3.59. The third-order valence-electron chi connectivity index (χ3n) is 2.11. The predicted molar refractivity (Wildman–Crippen MR) is 58.0 cm³/mol. The van der Waals surface area contributed by atoms with E-state index in [1.807, 2.05) is 14.0 Å². The number of aromatic nitrogens is 2. The van der Waals surface area contributed by atoms with Crippen LogP contribution in [0.2, 0.25) is 0 Å². The molecule has 5 heteroatoms. The summed E-state index contributed by atoms with van der Waals surface area (Å²) in [6.07, 6.45) is 0.329. The van der Waals surface area contributed by atoms with Gasteiger partial charge in [-0.2, -0.15) is 5.10 Å². The van der Waals surface area contributed by atoms with E-state index in [4.69, 9.17) is 5.73 Å². The van der Waals surface area contributed by atoms with E-state index in [0.717, 1.165) is 15.9 Å². The Morgan fingerprint density at radius 2 is 2.29 bits per heavy atom. The highest BCUT2D eigenvalue weighted by Crippen LogP contribution is 2.20. The van der Waals surface area contributed by atoms with Crippen molar-refractivity contribution in [2.24, 2.45) is 12.8 Å². The highest BCUT2D eigenvalue weighted by molar-refractivity contribution is 9.10. The van der Waals surface area contributed by atoms with E-state index >= 15 is 0 Å². The lowest BCUT2D eigenvalue weighted by Crippen LogP contribution is -2.28. The van der Waals surface area contributed by atoms with Crippen LogP contribution in [0.3, 0.4) is 0 Å². The molecule has 0 spiro atoms. The molecular formula is C9H14BrN3O. The second-order valence-electron chi connectivity index (χ2n) is 3.40. The van der Waals surface area contributed by atoms with E-state index < -0.39 is 6.04 Å². The van der Waals surface area contributed by atoms with Gasteiger partial charge in [-0.3, -0.25) is 9.48 Å². The summed E-state index contributed by atoms with van der Waals surface area (Å²) < 4.78 is 2.61. The minimum Gasteiger partial charge on any atom is -0.322 e. The van der Waals surface area contributed by atoms with E-state index in [-0.39, 0.29) is 5.78 Å². The Morgan fingerprint density at radius 3 is 2.64 bits per heavy atom. The summed E-state index contributed by atoms with van der Waals surface area (Å²) in [7, 11) is 1.82. The smallest absolute Gasteiger partial charge is 0.155 e. The molecule has 0 saturated carbocycles. The van der Waals surface area contributed by atoms with E-state index in [9.17, 15) is 4.79 Å². The van der Waals surface area contributed by atoms with Crippen LogP contribution in [0.4, 0.5) is 0 Å². The highest BCUT2D eigenvalue weighted by atomic mass is 79.9. The van der Waals surface area contributed by atoms with Crippen molar-refractivity contribution in [2.45, 2.75) is 26.3 Å². The van der Waals surface area contributed by atoms with E-state index in [1.165, 1.54) is 0 Å². The van der Waals surface area contributed by atoms with Crippen LogP contribution in [0, 0.1) is 6.92 Å². The molecule has 0 aromatic carbocycles. The Hall–Kier alpha value is -0.680. The molecule has 1 atom stereocenters. The number of carbonyl (C=O) groups is 1. The van der Waals surface area contributed by atoms with E-state index in [1.54, 1.807) is 11.6 Å². The Balaban J connectivity index is 2.92. The SMILES string of the molecule is Cc1nn(C)c(CC(=O)C(C)N)c1Br. The molecule has 0 bridgehead atoms. The second-order valence-corrected chi connectivity index (χ2v) is 4.19. The molecule has 0 aliphatic carbocycles. The van der Waals surface area contributed by atoms with Crippen molar-refractivity contribution in [1.29, 1.82) is 0 Å². The van der Waals surface area contributed by atoms with Gasteiger partial charge in [0, 0.05) is 7.05 Å². The normalized spacial score (nSPS) is 12.9. The zero-order valence-electron chi connectivity index (χ0n) is 8.54. The molecule has 0 aliphatic heterocycles. The second kappa shape index (κ2) is 4.23. The minimum atomic E-state index is -0.419.